The number of nitrogens with zero attached hydrogens (tertiary/aromatic N) is 2. The highest BCUT2D eigenvalue weighted by Crippen LogP contribution is 2.23. The molecule has 0 saturated carbocycles. The molecule has 0 bridgehead atoms. The number of aryl methyl sites for hydroxylation is 1. The van der Waals surface area contributed by atoms with E-state index in [9.17, 15) is 9.18 Å². The number of carbonyl (C=O) groups excluding carboxylic acids is 1. The zero-order chi connectivity index (χ0) is 18.1. The van der Waals surface area contributed by atoms with Gasteiger partial charge in [0.2, 0.25) is 0 Å². The second kappa shape index (κ2) is 6.72. The van der Waals surface area contributed by atoms with E-state index in [-0.39, 0.29) is 17.9 Å². The van der Waals surface area contributed by atoms with Gasteiger partial charge in [0.1, 0.15) is 17.7 Å². The molecule has 2 N–H and O–H groups in total. The van der Waals surface area contributed by atoms with Crippen LogP contribution < -0.4 is 10.6 Å². The zero-order valence-corrected chi connectivity index (χ0v) is 14.4. The van der Waals surface area contributed by atoms with Gasteiger partial charge in [0.15, 0.2) is 0 Å². The number of nitrogens with one attached hydrogen (secondary N) is 2. The lowest BCUT2D eigenvalue weighted by molar-refractivity contribution is 0.0900. The van der Waals surface area contributed by atoms with Crippen molar-refractivity contribution in [3.05, 3.63) is 77.2 Å². The Hall–Kier alpha value is -2.99. The Bertz CT molecular complexity index is 949. The minimum Gasteiger partial charge on any atom is -0.347 e. The topological polar surface area (TPSA) is 58.9 Å². The van der Waals surface area contributed by atoms with E-state index in [2.05, 4.69) is 40.9 Å². The average molecular weight is 350 g/mol. The molecule has 1 aliphatic rings. The molecule has 2 heterocycles. The largest absolute Gasteiger partial charge is 0.347 e. The molecule has 2 aromatic carbocycles. The molecule has 4 rings (SSSR count). The maximum Gasteiger partial charge on any atom is 0.269 e. The van der Waals surface area contributed by atoms with Gasteiger partial charge < -0.3 is 5.32 Å². The first kappa shape index (κ1) is 16.5. The predicted octanol–water partition coefficient (Wildman–Crippen LogP) is 3.03. The van der Waals surface area contributed by atoms with Gasteiger partial charge in [-0.1, -0.05) is 29.8 Å². The third-order valence-electron chi connectivity index (χ3n) is 4.48. The van der Waals surface area contributed by atoms with Crippen LogP contribution in [-0.4, -0.2) is 22.2 Å². The molecule has 0 spiro atoms. The van der Waals surface area contributed by atoms with Gasteiger partial charge in [0.05, 0.1) is 12.2 Å². The second-order valence-corrected chi connectivity index (χ2v) is 6.46. The molecule has 0 unspecified atom stereocenters. The lowest BCUT2D eigenvalue weighted by atomic mass is 10.1. The van der Waals surface area contributed by atoms with Crippen molar-refractivity contribution in [2.75, 3.05) is 6.54 Å². The number of carbonyl (C=O) groups is 1. The number of amides is 1. The van der Waals surface area contributed by atoms with E-state index in [4.69, 9.17) is 0 Å². The highest BCUT2D eigenvalue weighted by molar-refractivity contribution is 5.94. The Morgan fingerprint density at radius 3 is 2.81 bits per heavy atom. The molecule has 1 atom stereocenters. The first-order valence-electron chi connectivity index (χ1n) is 8.53. The first-order chi connectivity index (χ1) is 12.6. The van der Waals surface area contributed by atoms with Crippen LogP contribution in [0.4, 0.5) is 4.39 Å². The SMILES string of the molecule is Cc1cccc(CN[C@@H]2CNC(=O)c3cc(-c4ccc(F)cc4)nn32)c1. The van der Waals surface area contributed by atoms with Crippen molar-refractivity contribution in [3.63, 3.8) is 0 Å². The predicted molar refractivity (Wildman–Crippen MR) is 97.0 cm³/mol. The molecular formula is C20H19FN4O. The minimum absolute atomic E-state index is 0.141. The van der Waals surface area contributed by atoms with Crippen LogP contribution in [0.1, 0.15) is 27.8 Å². The number of hydrogen-bond donors (Lipinski definition) is 2. The van der Waals surface area contributed by atoms with Crippen molar-refractivity contribution in [1.29, 1.82) is 0 Å². The van der Waals surface area contributed by atoms with Crippen LogP contribution in [0.5, 0.6) is 0 Å². The Morgan fingerprint density at radius 2 is 2.04 bits per heavy atom. The highest BCUT2D eigenvalue weighted by atomic mass is 19.1. The summed E-state index contributed by atoms with van der Waals surface area (Å²) in [5, 5.41) is 10.9. The number of halogens is 1. The maximum atomic E-state index is 13.1. The van der Waals surface area contributed by atoms with Gasteiger partial charge in [-0.3, -0.25) is 10.1 Å². The van der Waals surface area contributed by atoms with E-state index >= 15 is 0 Å². The van der Waals surface area contributed by atoms with Crippen LogP contribution in [0, 0.1) is 12.7 Å². The van der Waals surface area contributed by atoms with Gasteiger partial charge in [0.25, 0.3) is 5.91 Å². The van der Waals surface area contributed by atoms with Crippen LogP contribution in [0.2, 0.25) is 0 Å². The zero-order valence-electron chi connectivity index (χ0n) is 14.4. The summed E-state index contributed by atoms with van der Waals surface area (Å²) < 4.78 is 14.9. The van der Waals surface area contributed by atoms with Crippen molar-refractivity contribution < 1.29 is 9.18 Å². The molecule has 0 fully saturated rings. The maximum absolute atomic E-state index is 13.1. The van der Waals surface area contributed by atoms with E-state index in [1.54, 1.807) is 22.9 Å². The van der Waals surface area contributed by atoms with Crippen molar-refractivity contribution in [1.82, 2.24) is 20.4 Å². The summed E-state index contributed by atoms with van der Waals surface area (Å²) in [5.74, 6) is -0.451. The molecule has 0 radical (unpaired) electrons. The molecule has 0 saturated heterocycles. The molecule has 132 valence electrons. The fraction of sp³-hybridized carbons (Fsp3) is 0.200. The summed E-state index contributed by atoms with van der Waals surface area (Å²) in [6.45, 7) is 3.19. The summed E-state index contributed by atoms with van der Waals surface area (Å²) in [6.07, 6.45) is -0.141. The standard InChI is InChI=1S/C20H19FN4O/c1-13-3-2-4-14(9-13)11-22-19-12-23-20(26)18-10-17(24-25(18)19)15-5-7-16(21)8-6-15/h2-10,19,22H,11-12H2,1H3,(H,23,26)/t19-/m0/s1. The molecule has 0 aliphatic carbocycles. The summed E-state index contributed by atoms with van der Waals surface area (Å²) >= 11 is 0. The summed E-state index contributed by atoms with van der Waals surface area (Å²) in [7, 11) is 0. The Balaban J connectivity index is 1.59. The Morgan fingerprint density at radius 1 is 1.23 bits per heavy atom. The Labute approximate surface area is 150 Å². The van der Waals surface area contributed by atoms with E-state index in [1.165, 1.54) is 23.3 Å². The van der Waals surface area contributed by atoms with Gasteiger partial charge in [-0.05, 0) is 42.8 Å². The van der Waals surface area contributed by atoms with Gasteiger partial charge >= 0.3 is 0 Å². The third-order valence-corrected chi connectivity index (χ3v) is 4.48. The van der Waals surface area contributed by atoms with Crippen LogP contribution in [0.25, 0.3) is 11.3 Å². The lowest BCUT2D eigenvalue weighted by Gasteiger charge is -2.25. The van der Waals surface area contributed by atoms with Crippen molar-refractivity contribution in [2.45, 2.75) is 19.6 Å². The molecule has 1 aromatic heterocycles. The van der Waals surface area contributed by atoms with E-state index in [0.717, 1.165) is 5.56 Å². The third kappa shape index (κ3) is 3.23. The van der Waals surface area contributed by atoms with Gasteiger partial charge in [-0.2, -0.15) is 5.10 Å². The van der Waals surface area contributed by atoms with Crippen molar-refractivity contribution >= 4 is 5.91 Å². The lowest BCUT2D eigenvalue weighted by Crippen LogP contribution is -2.45. The molecule has 3 aromatic rings. The minimum atomic E-state index is -0.298. The number of benzene rings is 2. The summed E-state index contributed by atoms with van der Waals surface area (Å²) in [4.78, 5) is 12.2. The second-order valence-electron chi connectivity index (χ2n) is 6.46. The van der Waals surface area contributed by atoms with Crippen LogP contribution >= 0.6 is 0 Å². The van der Waals surface area contributed by atoms with Gasteiger partial charge in [-0.15, -0.1) is 0 Å². The monoisotopic (exact) mass is 350 g/mol. The fourth-order valence-electron chi connectivity index (χ4n) is 3.15. The summed E-state index contributed by atoms with van der Waals surface area (Å²) in [6, 6.07) is 16.1. The molecule has 1 amide bonds. The van der Waals surface area contributed by atoms with Crippen LogP contribution in [-0.2, 0) is 6.54 Å². The normalized spacial score (nSPS) is 16.2. The van der Waals surface area contributed by atoms with E-state index < -0.39 is 0 Å². The summed E-state index contributed by atoms with van der Waals surface area (Å²) in [5.41, 5.74) is 4.31. The number of fused-ring (bicyclic) bond motifs is 1. The quantitative estimate of drug-likeness (QED) is 0.760. The van der Waals surface area contributed by atoms with Crippen LogP contribution in [0.3, 0.4) is 0 Å². The Kier molecular flexibility index (Phi) is 4.26. The van der Waals surface area contributed by atoms with E-state index in [0.29, 0.717) is 24.5 Å². The van der Waals surface area contributed by atoms with E-state index in [1.807, 2.05) is 6.07 Å². The number of aromatic nitrogens is 2. The molecule has 6 heteroatoms. The van der Waals surface area contributed by atoms with Crippen LogP contribution in [0.15, 0.2) is 54.6 Å². The smallest absolute Gasteiger partial charge is 0.269 e. The molecule has 5 nitrogen and oxygen atoms in total. The van der Waals surface area contributed by atoms with Gasteiger partial charge in [-0.25, -0.2) is 9.07 Å². The average Bonchev–Trinajstić information content (AvgIpc) is 3.08. The van der Waals surface area contributed by atoms with Crippen molar-refractivity contribution in [2.24, 2.45) is 0 Å². The number of hydrogen-bond acceptors (Lipinski definition) is 3. The number of rotatable bonds is 4. The molecule has 1 aliphatic heterocycles. The van der Waals surface area contributed by atoms with Crippen molar-refractivity contribution in [3.8, 4) is 11.3 Å². The van der Waals surface area contributed by atoms with Gasteiger partial charge in [0, 0.05) is 12.1 Å². The molecule has 26 heavy (non-hydrogen) atoms. The fourth-order valence-corrected chi connectivity index (χ4v) is 3.15. The first-order valence-corrected chi connectivity index (χ1v) is 8.53. The molecular weight excluding hydrogens is 331 g/mol. The highest BCUT2D eigenvalue weighted by Gasteiger charge is 2.27.